The van der Waals surface area contributed by atoms with E-state index < -0.39 is 0 Å². The van der Waals surface area contributed by atoms with Crippen molar-refractivity contribution in [1.82, 2.24) is 0 Å². The molecule has 0 saturated heterocycles. The second-order valence-electron chi connectivity index (χ2n) is 13.4. The lowest BCUT2D eigenvalue weighted by molar-refractivity contribution is -0.139. The number of allylic oxidation sites excluding steroid dienone is 1. The van der Waals surface area contributed by atoms with E-state index in [4.69, 9.17) is 4.74 Å². The molecule has 0 bridgehead atoms. The van der Waals surface area contributed by atoms with E-state index >= 15 is 0 Å². The Kier molecular flexibility index (Phi) is 35.7. The minimum atomic E-state index is -0.104. The molecule has 0 N–H and O–H groups in total. The third-order valence-corrected chi connectivity index (χ3v) is 9.06. The molecule has 0 rings (SSSR count). The van der Waals surface area contributed by atoms with Gasteiger partial charge in [0, 0.05) is 5.57 Å². The number of unbranched alkanes of at least 4 members (excludes halogenated alkanes) is 31. The number of hydrogen-bond acceptors (Lipinski definition) is 2. The number of rotatable bonds is 35. The third kappa shape index (κ3) is 33.7. The Morgan fingerprint density at radius 3 is 0.976 bits per heavy atom. The fourth-order valence-corrected chi connectivity index (χ4v) is 6.02. The van der Waals surface area contributed by atoms with Crippen LogP contribution in [0.15, 0.2) is 11.6 Å². The Balaban J connectivity index is 3.33. The summed E-state index contributed by atoms with van der Waals surface area (Å²) in [5.74, 6) is -0.104. The molecule has 0 saturated carbocycles. The van der Waals surface area contributed by atoms with E-state index in [2.05, 4.69) is 19.9 Å². The standard InChI is InChI=1S/C40H78O2/c1-4-6-8-10-12-14-16-18-20-22-23-25-27-29-31-33-35-37-39(3)40(41)42-38-36-34-32-30-28-26-24-21-19-17-15-13-11-9-7-5-2/h37H,4-36,38H2,1-3H3. The number of esters is 1. The van der Waals surface area contributed by atoms with Gasteiger partial charge in [0.05, 0.1) is 6.61 Å². The summed E-state index contributed by atoms with van der Waals surface area (Å²) in [4.78, 5) is 12.2. The molecule has 2 heteroatoms. The zero-order valence-electron chi connectivity index (χ0n) is 29.4. The van der Waals surface area contributed by atoms with Crippen LogP contribution in [-0.2, 0) is 9.53 Å². The van der Waals surface area contributed by atoms with E-state index in [9.17, 15) is 4.79 Å². The van der Waals surface area contributed by atoms with Crippen molar-refractivity contribution in [1.29, 1.82) is 0 Å². The quantitative estimate of drug-likeness (QED) is 0.0417. The van der Waals surface area contributed by atoms with Crippen molar-refractivity contribution in [2.24, 2.45) is 0 Å². The van der Waals surface area contributed by atoms with Gasteiger partial charge in [0.2, 0.25) is 0 Å². The van der Waals surface area contributed by atoms with Crippen molar-refractivity contribution in [3.05, 3.63) is 11.6 Å². The van der Waals surface area contributed by atoms with Gasteiger partial charge in [-0.15, -0.1) is 0 Å². The lowest BCUT2D eigenvalue weighted by atomic mass is 10.0. The predicted molar refractivity (Wildman–Crippen MR) is 188 cm³/mol. The normalized spacial score (nSPS) is 11.8. The summed E-state index contributed by atoms with van der Waals surface area (Å²) >= 11 is 0. The van der Waals surface area contributed by atoms with Crippen LogP contribution in [0.2, 0.25) is 0 Å². The Hall–Kier alpha value is -0.790. The monoisotopic (exact) mass is 591 g/mol. The molecule has 0 fully saturated rings. The topological polar surface area (TPSA) is 26.3 Å². The molecule has 0 unspecified atom stereocenters. The molecule has 0 aliphatic carbocycles. The average molecular weight is 591 g/mol. The van der Waals surface area contributed by atoms with Crippen molar-refractivity contribution in [2.75, 3.05) is 6.61 Å². The molecule has 0 aliphatic rings. The maximum absolute atomic E-state index is 12.2. The molecule has 0 spiro atoms. The summed E-state index contributed by atoms with van der Waals surface area (Å²) in [5.41, 5.74) is 0.799. The molecular formula is C40H78O2. The van der Waals surface area contributed by atoms with Crippen LogP contribution in [0.25, 0.3) is 0 Å². The Morgan fingerprint density at radius 1 is 0.405 bits per heavy atom. The first-order valence-corrected chi connectivity index (χ1v) is 19.6. The maximum Gasteiger partial charge on any atom is 0.333 e. The zero-order valence-corrected chi connectivity index (χ0v) is 29.4. The van der Waals surface area contributed by atoms with E-state index in [-0.39, 0.29) is 5.97 Å². The van der Waals surface area contributed by atoms with Crippen molar-refractivity contribution < 1.29 is 9.53 Å². The van der Waals surface area contributed by atoms with Crippen LogP contribution in [0.4, 0.5) is 0 Å². The first-order valence-electron chi connectivity index (χ1n) is 19.6. The summed E-state index contributed by atoms with van der Waals surface area (Å²) < 4.78 is 5.50. The molecular weight excluding hydrogens is 512 g/mol. The summed E-state index contributed by atoms with van der Waals surface area (Å²) in [5, 5.41) is 0. The zero-order chi connectivity index (χ0) is 30.6. The van der Waals surface area contributed by atoms with Crippen LogP contribution in [-0.4, -0.2) is 12.6 Å². The molecule has 0 atom stereocenters. The van der Waals surface area contributed by atoms with E-state index in [1.54, 1.807) is 0 Å². The van der Waals surface area contributed by atoms with Crippen LogP contribution in [0.5, 0.6) is 0 Å². The largest absolute Gasteiger partial charge is 0.462 e. The molecule has 0 radical (unpaired) electrons. The van der Waals surface area contributed by atoms with Gasteiger partial charge in [0.1, 0.15) is 0 Å². The first kappa shape index (κ1) is 41.2. The molecule has 2 nitrogen and oxygen atoms in total. The smallest absolute Gasteiger partial charge is 0.333 e. The minimum Gasteiger partial charge on any atom is -0.462 e. The molecule has 0 aromatic carbocycles. The average Bonchev–Trinajstić information content (AvgIpc) is 3.00. The fourth-order valence-electron chi connectivity index (χ4n) is 6.02. The van der Waals surface area contributed by atoms with Crippen LogP contribution >= 0.6 is 0 Å². The maximum atomic E-state index is 12.2. The van der Waals surface area contributed by atoms with Crippen molar-refractivity contribution >= 4 is 5.97 Å². The van der Waals surface area contributed by atoms with Crippen molar-refractivity contribution in [3.8, 4) is 0 Å². The minimum absolute atomic E-state index is 0.104. The van der Waals surface area contributed by atoms with Crippen molar-refractivity contribution in [2.45, 2.75) is 233 Å². The highest BCUT2D eigenvalue weighted by atomic mass is 16.5. The number of hydrogen-bond donors (Lipinski definition) is 0. The summed E-state index contributed by atoms with van der Waals surface area (Å²) in [6.45, 7) is 7.09. The third-order valence-electron chi connectivity index (χ3n) is 9.06. The lowest BCUT2D eigenvalue weighted by Crippen LogP contribution is -2.07. The van der Waals surface area contributed by atoms with E-state index in [1.807, 2.05) is 6.92 Å². The highest BCUT2D eigenvalue weighted by Gasteiger charge is 2.05. The van der Waals surface area contributed by atoms with Crippen LogP contribution in [0.3, 0.4) is 0 Å². The van der Waals surface area contributed by atoms with Gasteiger partial charge >= 0.3 is 5.97 Å². The van der Waals surface area contributed by atoms with Crippen LogP contribution in [0, 0.1) is 0 Å². The van der Waals surface area contributed by atoms with Gasteiger partial charge in [0.15, 0.2) is 0 Å². The number of carbonyl (C=O) groups is 1. The highest BCUT2D eigenvalue weighted by Crippen LogP contribution is 2.16. The highest BCUT2D eigenvalue weighted by molar-refractivity contribution is 5.87. The molecule has 42 heavy (non-hydrogen) atoms. The number of carbonyl (C=O) groups excluding carboxylic acids is 1. The Morgan fingerprint density at radius 2 is 0.667 bits per heavy atom. The summed E-state index contributed by atoms with van der Waals surface area (Å²) in [7, 11) is 0. The molecule has 0 aromatic heterocycles. The van der Waals surface area contributed by atoms with Gasteiger partial charge in [-0.05, 0) is 26.2 Å². The van der Waals surface area contributed by atoms with Crippen molar-refractivity contribution in [3.63, 3.8) is 0 Å². The molecule has 0 aliphatic heterocycles. The predicted octanol–water partition coefficient (Wildman–Crippen LogP) is 14.4. The summed E-state index contributed by atoms with van der Waals surface area (Å²) in [6.07, 6.45) is 47.3. The first-order chi connectivity index (χ1) is 20.7. The molecule has 0 heterocycles. The summed E-state index contributed by atoms with van der Waals surface area (Å²) in [6, 6.07) is 0. The van der Waals surface area contributed by atoms with E-state index in [0.717, 1.165) is 18.4 Å². The van der Waals surface area contributed by atoms with Crippen LogP contribution in [0.1, 0.15) is 233 Å². The second-order valence-corrected chi connectivity index (χ2v) is 13.4. The van der Waals surface area contributed by atoms with Gasteiger partial charge in [-0.3, -0.25) is 0 Å². The van der Waals surface area contributed by atoms with Gasteiger partial charge in [-0.1, -0.05) is 213 Å². The fraction of sp³-hybridized carbons (Fsp3) is 0.925. The molecule has 0 amide bonds. The van der Waals surface area contributed by atoms with Gasteiger partial charge in [-0.25, -0.2) is 4.79 Å². The van der Waals surface area contributed by atoms with E-state index in [0.29, 0.717) is 6.61 Å². The van der Waals surface area contributed by atoms with E-state index in [1.165, 1.54) is 199 Å². The second kappa shape index (κ2) is 36.4. The lowest BCUT2D eigenvalue weighted by Gasteiger charge is -2.06. The SMILES string of the molecule is CCCCCCCCCCCCCCCCCCC=C(C)C(=O)OCCCCCCCCCCCCCCCCCC. The van der Waals surface area contributed by atoms with Gasteiger partial charge in [0.25, 0.3) is 0 Å². The van der Waals surface area contributed by atoms with Gasteiger partial charge < -0.3 is 4.74 Å². The molecule has 250 valence electrons. The van der Waals surface area contributed by atoms with Crippen LogP contribution < -0.4 is 0 Å². The molecule has 0 aromatic rings. The van der Waals surface area contributed by atoms with Gasteiger partial charge in [-0.2, -0.15) is 0 Å². The Labute approximate surface area is 266 Å². The Bertz CT molecular complexity index is 552. The number of ether oxygens (including phenoxy) is 1.